The molecule has 2 rings (SSSR count). The highest BCUT2D eigenvalue weighted by molar-refractivity contribution is 6.03. The molecule has 0 spiro atoms. The van der Waals surface area contributed by atoms with Crippen LogP contribution in [-0.4, -0.2) is 28.6 Å². The average Bonchev–Trinajstić information content (AvgIpc) is 2.47. The van der Waals surface area contributed by atoms with Gasteiger partial charge >= 0.3 is 5.97 Å². The first-order valence-electron chi connectivity index (χ1n) is 6.72. The molecule has 2 aromatic rings. The van der Waals surface area contributed by atoms with Gasteiger partial charge in [0, 0.05) is 11.9 Å². The van der Waals surface area contributed by atoms with E-state index in [1.54, 1.807) is 31.2 Å². The van der Waals surface area contributed by atoms with Gasteiger partial charge in [-0.05, 0) is 17.9 Å². The molecule has 1 amide bonds. The third-order valence-corrected chi connectivity index (χ3v) is 3.43. The molecule has 21 heavy (non-hydrogen) atoms. The number of carbonyl (C=O) groups is 2. The molecule has 3 N–H and O–H groups in total. The monoisotopic (exact) mass is 287 g/mol. The highest BCUT2D eigenvalue weighted by atomic mass is 16.4. The molecule has 2 aromatic carbocycles. The number of phenolic OH excluding ortho intramolecular Hbond substituents is 1. The topological polar surface area (TPSA) is 86.6 Å². The first kappa shape index (κ1) is 14.8. The van der Waals surface area contributed by atoms with Crippen molar-refractivity contribution in [3.05, 3.63) is 42.0 Å². The Balaban J connectivity index is 2.09. The van der Waals surface area contributed by atoms with Crippen molar-refractivity contribution < 1.29 is 19.8 Å². The summed E-state index contributed by atoms with van der Waals surface area (Å²) >= 11 is 0. The lowest BCUT2D eigenvalue weighted by molar-refractivity contribution is -0.141. The third-order valence-electron chi connectivity index (χ3n) is 3.43. The molecule has 1 unspecified atom stereocenters. The van der Waals surface area contributed by atoms with Gasteiger partial charge in [-0.3, -0.25) is 9.59 Å². The van der Waals surface area contributed by atoms with E-state index in [1.165, 1.54) is 0 Å². The number of benzene rings is 2. The van der Waals surface area contributed by atoms with E-state index >= 15 is 0 Å². The highest BCUT2D eigenvalue weighted by Crippen LogP contribution is 2.28. The molecule has 0 radical (unpaired) electrons. The quantitative estimate of drug-likeness (QED) is 0.788. The number of carboxylic acids is 1. The van der Waals surface area contributed by atoms with Crippen LogP contribution in [0.25, 0.3) is 10.8 Å². The van der Waals surface area contributed by atoms with Crippen LogP contribution in [0.5, 0.6) is 5.75 Å². The zero-order valence-electron chi connectivity index (χ0n) is 11.7. The van der Waals surface area contributed by atoms with Crippen molar-refractivity contribution in [3.63, 3.8) is 0 Å². The maximum Gasteiger partial charge on any atom is 0.306 e. The van der Waals surface area contributed by atoms with Crippen molar-refractivity contribution in [2.24, 2.45) is 5.92 Å². The van der Waals surface area contributed by atoms with Crippen LogP contribution < -0.4 is 5.32 Å². The second kappa shape index (κ2) is 6.26. The van der Waals surface area contributed by atoms with Gasteiger partial charge in [-0.2, -0.15) is 0 Å². The maximum absolute atomic E-state index is 12.0. The van der Waals surface area contributed by atoms with Crippen molar-refractivity contribution in [2.75, 3.05) is 6.54 Å². The fourth-order valence-corrected chi connectivity index (χ4v) is 2.06. The van der Waals surface area contributed by atoms with E-state index in [-0.39, 0.29) is 17.9 Å². The number of amides is 1. The number of rotatable bonds is 5. The summed E-state index contributed by atoms with van der Waals surface area (Å²) in [5, 5.41) is 23.0. The predicted octanol–water partition coefficient (Wildman–Crippen LogP) is 2.39. The SMILES string of the molecule is CC(CCNC(=O)c1ccc2ccccc2c1O)C(=O)O. The summed E-state index contributed by atoms with van der Waals surface area (Å²) < 4.78 is 0. The average molecular weight is 287 g/mol. The minimum absolute atomic E-state index is 0.0584. The summed E-state index contributed by atoms with van der Waals surface area (Å²) in [5.74, 6) is -1.87. The van der Waals surface area contributed by atoms with Crippen molar-refractivity contribution in [1.82, 2.24) is 5.32 Å². The van der Waals surface area contributed by atoms with Crippen LogP contribution in [0.15, 0.2) is 36.4 Å². The molecule has 0 fully saturated rings. The molecule has 5 heteroatoms. The number of carbonyl (C=O) groups excluding carboxylic acids is 1. The number of carboxylic acid groups (broad SMARTS) is 1. The minimum Gasteiger partial charge on any atom is -0.506 e. The molecule has 0 aliphatic heterocycles. The molecule has 0 aromatic heterocycles. The van der Waals surface area contributed by atoms with Gasteiger partial charge in [0.05, 0.1) is 11.5 Å². The Labute approximate surface area is 122 Å². The number of hydrogen-bond donors (Lipinski definition) is 3. The van der Waals surface area contributed by atoms with E-state index in [4.69, 9.17) is 5.11 Å². The minimum atomic E-state index is -0.891. The van der Waals surface area contributed by atoms with Crippen molar-refractivity contribution in [3.8, 4) is 5.75 Å². The van der Waals surface area contributed by atoms with Gasteiger partial charge < -0.3 is 15.5 Å². The second-order valence-electron chi connectivity index (χ2n) is 4.97. The van der Waals surface area contributed by atoms with E-state index in [9.17, 15) is 14.7 Å². The molecule has 0 saturated heterocycles. The van der Waals surface area contributed by atoms with Crippen LogP contribution in [0.3, 0.4) is 0 Å². The van der Waals surface area contributed by atoms with Crippen LogP contribution in [0, 0.1) is 5.92 Å². The standard InChI is InChI=1S/C16H17NO4/c1-10(16(20)21)8-9-17-15(19)13-7-6-11-4-2-3-5-12(11)14(13)18/h2-7,10,18H,8-9H2,1H3,(H,17,19)(H,20,21). The predicted molar refractivity (Wildman–Crippen MR) is 79.4 cm³/mol. The van der Waals surface area contributed by atoms with Crippen LogP contribution in [-0.2, 0) is 4.79 Å². The summed E-state index contributed by atoms with van der Waals surface area (Å²) in [6.07, 6.45) is 0.343. The van der Waals surface area contributed by atoms with E-state index in [1.807, 2.05) is 12.1 Å². The molecule has 0 aliphatic carbocycles. The van der Waals surface area contributed by atoms with Crippen molar-refractivity contribution in [1.29, 1.82) is 0 Å². The number of fused-ring (bicyclic) bond motifs is 1. The largest absolute Gasteiger partial charge is 0.506 e. The summed E-state index contributed by atoms with van der Waals surface area (Å²) in [4.78, 5) is 22.7. The molecule has 5 nitrogen and oxygen atoms in total. The van der Waals surface area contributed by atoms with Gasteiger partial charge in [0.2, 0.25) is 0 Å². The lowest BCUT2D eigenvalue weighted by Gasteiger charge is -2.10. The van der Waals surface area contributed by atoms with Crippen LogP contribution in [0.2, 0.25) is 0 Å². The fraction of sp³-hybridized carbons (Fsp3) is 0.250. The zero-order valence-corrected chi connectivity index (χ0v) is 11.7. The van der Waals surface area contributed by atoms with Crippen LogP contribution in [0.1, 0.15) is 23.7 Å². The van der Waals surface area contributed by atoms with Gasteiger partial charge in [0.1, 0.15) is 5.75 Å². The van der Waals surface area contributed by atoms with Gasteiger partial charge in [-0.15, -0.1) is 0 Å². The molecule has 0 saturated carbocycles. The van der Waals surface area contributed by atoms with Gasteiger partial charge in [-0.1, -0.05) is 37.3 Å². The molecular weight excluding hydrogens is 270 g/mol. The van der Waals surface area contributed by atoms with E-state index < -0.39 is 17.8 Å². The zero-order chi connectivity index (χ0) is 15.4. The second-order valence-corrected chi connectivity index (χ2v) is 4.97. The Morgan fingerprint density at radius 2 is 1.90 bits per heavy atom. The first-order valence-corrected chi connectivity index (χ1v) is 6.72. The van der Waals surface area contributed by atoms with Gasteiger partial charge in [0.25, 0.3) is 5.91 Å². The molecular formula is C16H17NO4. The fourth-order valence-electron chi connectivity index (χ4n) is 2.06. The van der Waals surface area contributed by atoms with Gasteiger partial charge in [0.15, 0.2) is 0 Å². The number of nitrogens with one attached hydrogen (secondary N) is 1. The Morgan fingerprint density at radius 1 is 1.19 bits per heavy atom. The van der Waals surface area contributed by atoms with Crippen molar-refractivity contribution >= 4 is 22.6 Å². The lowest BCUT2D eigenvalue weighted by Crippen LogP contribution is -2.27. The normalized spacial score (nSPS) is 12.0. The smallest absolute Gasteiger partial charge is 0.306 e. The van der Waals surface area contributed by atoms with Crippen LogP contribution >= 0.6 is 0 Å². The molecule has 1 atom stereocenters. The first-order chi connectivity index (χ1) is 10.0. The number of aromatic hydroxyl groups is 1. The molecule has 0 bridgehead atoms. The van der Waals surface area contributed by atoms with E-state index in [0.29, 0.717) is 11.8 Å². The third kappa shape index (κ3) is 3.31. The Kier molecular flexibility index (Phi) is 4.42. The Hall–Kier alpha value is -2.56. The van der Waals surface area contributed by atoms with Gasteiger partial charge in [-0.25, -0.2) is 0 Å². The number of aliphatic carboxylic acids is 1. The molecule has 110 valence electrons. The number of phenols is 1. The summed E-state index contributed by atoms with van der Waals surface area (Å²) in [7, 11) is 0. The van der Waals surface area contributed by atoms with E-state index in [0.717, 1.165) is 5.39 Å². The summed E-state index contributed by atoms with van der Waals surface area (Å²) in [5.41, 5.74) is 0.191. The number of hydrogen-bond acceptors (Lipinski definition) is 3. The Morgan fingerprint density at radius 3 is 2.62 bits per heavy atom. The van der Waals surface area contributed by atoms with Crippen molar-refractivity contribution in [2.45, 2.75) is 13.3 Å². The molecule has 0 aliphatic rings. The van der Waals surface area contributed by atoms with E-state index in [2.05, 4.69) is 5.32 Å². The Bertz CT molecular complexity index is 681. The molecule has 0 heterocycles. The maximum atomic E-state index is 12.0. The summed E-state index contributed by atoms with van der Waals surface area (Å²) in [6, 6.07) is 10.6. The lowest BCUT2D eigenvalue weighted by atomic mass is 10.0. The summed E-state index contributed by atoms with van der Waals surface area (Å²) in [6.45, 7) is 1.83. The van der Waals surface area contributed by atoms with Crippen LogP contribution in [0.4, 0.5) is 0 Å². The highest BCUT2D eigenvalue weighted by Gasteiger charge is 2.15.